The molecule has 234 valence electrons. The van der Waals surface area contributed by atoms with E-state index in [9.17, 15) is 28.8 Å². The van der Waals surface area contributed by atoms with Crippen molar-refractivity contribution >= 4 is 57.8 Å². The summed E-state index contributed by atoms with van der Waals surface area (Å²) in [4.78, 5) is 72.2. The number of carbonyl (C=O) groups is 6. The number of benzene rings is 2. The summed E-state index contributed by atoms with van der Waals surface area (Å²) in [6, 6.07) is 8.17. The highest BCUT2D eigenvalue weighted by Crippen LogP contribution is 2.38. The maximum absolute atomic E-state index is 12.6. The summed E-state index contributed by atoms with van der Waals surface area (Å²) >= 11 is 0. The maximum Gasteiger partial charge on any atom is 0.346 e. The molecule has 0 saturated heterocycles. The molecule has 0 aromatic heterocycles. The quantitative estimate of drug-likeness (QED) is 0.109. The fourth-order valence-corrected chi connectivity index (χ4v) is 7.26. The first kappa shape index (κ1) is 33.2. The number of carbonyl (C=O) groups excluding carboxylic acids is 6. The van der Waals surface area contributed by atoms with Crippen molar-refractivity contribution in [2.45, 2.75) is 52.6 Å². The van der Waals surface area contributed by atoms with E-state index in [1.54, 1.807) is 0 Å². The Bertz CT molecular complexity index is 1410. The molecule has 0 aliphatic carbocycles. The van der Waals surface area contributed by atoms with Gasteiger partial charge in [-0.1, -0.05) is 0 Å². The Morgan fingerprint density at radius 1 is 0.614 bits per heavy atom. The summed E-state index contributed by atoms with van der Waals surface area (Å²) < 4.78 is 24.2. The number of ether oxygens (including phenoxy) is 4. The molecular weight excluding hydrogens is 612 g/mol. The van der Waals surface area contributed by atoms with Crippen LogP contribution in [0.3, 0.4) is 0 Å². The van der Waals surface area contributed by atoms with Crippen molar-refractivity contribution in [2.24, 2.45) is 0 Å². The van der Waals surface area contributed by atoms with Gasteiger partial charge in [0.15, 0.2) is 0 Å². The molecule has 0 unspecified atom stereocenters. The second-order valence-electron chi connectivity index (χ2n) is 11.8. The minimum Gasteiger partial charge on any atom is -0.461 e. The van der Waals surface area contributed by atoms with Gasteiger partial charge in [0.25, 0.3) is 0 Å². The zero-order valence-corrected chi connectivity index (χ0v) is 26.7. The van der Waals surface area contributed by atoms with Crippen LogP contribution in [0.15, 0.2) is 36.4 Å². The van der Waals surface area contributed by atoms with Crippen LogP contribution in [0.25, 0.3) is 0 Å². The summed E-state index contributed by atoms with van der Waals surface area (Å²) in [5, 5.41) is 0. The monoisotopic (exact) mass is 644 g/mol. The van der Waals surface area contributed by atoms with Crippen LogP contribution in [0, 0.1) is 0 Å². The van der Waals surface area contributed by atoms with Crippen molar-refractivity contribution in [2.75, 3.05) is 26.3 Å². The summed E-state index contributed by atoms with van der Waals surface area (Å²) in [6.45, 7) is 13.0. The molecule has 2 aromatic rings. The van der Waals surface area contributed by atoms with Crippen LogP contribution >= 0.6 is 22.0 Å². The highest BCUT2D eigenvalue weighted by molar-refractivity contribution is 8.74. The fourth-order valence-electron chi connectivity index (χ4n) is 4.08. The Labute approximate surface area is 262 Å². The van der Waals surface area contributed by atoms with Gasteiger partial charge in [0, 0.05) is 46.1 Å². The second kappa shape index (κ2) is 13.1. The molecule has 0 N–H and O–H groups in total. The van der Waals surface area contributed by atoms with Crippen LogP contribution in [-0.2, 0) is 18.9 Å². The van der Waals surface area contributed by atoms with Gasteiger partial charge in [0.05, 0.1) is 33.4 Å². The Hall–Kier alpha value is -3.72. The first-order valence-electron chi connectivity index (χ1n) is 13.6. The van der Waals surface area contributed by atoms with Crippen molar-refractivity contribution in [1.82, 2.24) is 8.61 Å². The highest BCUT2D eigenvalue weighted by Gasteiger charge is 2.32. The molecule has 44 heavy (non-hydrogen) atoms. The normalized spacial score (nSPS) is 14.5. The summed E-state index contributed by atoms with van der Waals surface area (Å²) in [5.74, 6) is -4.33. The van der Waals surface area contributed by atoms with E-state index in [4.69, 9.17) is 9.47 Å². The van der Waals surface area contributed by atoms with Gasteiger partial charge in [-0.15, -0.1) is 0 Å². The molecule has 0 fully saturated rings. The number of esters is 6. The summed E-state index contributed by atoms with van der Waals surface area (Å²) in [6.07, 6.45) is 0. The number of fused-ring (bicyclic) bond motifs is 2. The molecular formula is C30H32N2O10S2. The van der Waals surface area contributed by atoms with E-state index in [0.717, 1.165) is 0 Å². The molecule has 0 atom stereocenters. The van der Waals surface area contributed by atoms with E-state index in [2.05, 4.69) is 18.1 Å². The largest absolute Gasteiger partial charge is 0.461 e. The fraction of sp³-hybridized carbons (Fsp3) is 0.400. The summed E-state index contributed by atoms with van der Waals surface area (Å²) in [7, 11) is 2.92. The minimum atomic E-state index is -0.794. The number of hydrogen-bond acceptors (Lipinski definition) is 14. The van der Waals surface area contributed by atoms with Gasteiger partial charge >= 0.3 is 35.8 Å². The van der Waals surface area contributed by atoms with E-state index in [1.807, 2.05) is 41.5 Å². The van der Waals surface area contributed by atoms with Crippen molar-refractivity contribution in [3.05, 3.63) is 69.8 Å². The van der Waals surface area contributed by atoms with Crippen molar-refractivity contribution in [3.8, 4) is 0 Å². The molecule has 4 rings (SSSR count). The molecule has 0 spiro atoms. The van der Waals surface area contributed by atoms with Crippen LogP contribution in [0.1, 0.15) is 104 Å². The molecule has 2 aliphatic heterocycles. The number of cyclic esters (lactones) is 4. The van der Waals surface area contributed by atoms with E-state index >= 15 is 0 Å². The van der Waals surface area contributed by atoms with Crippen LogP contribution in [0.2, 0.25) is 0 Å². The average molecular weight is 645 g/mol. The lowest BCUT2D eigenvalue weighted by molar-refractivity contribution is 0.0425. The molecule has 0 saturated carbocycles. The Morgan fingerprint density at radius 2 is 0.955 bits per heavy atom. The molecule has 2 aliphatic rings. The number of hydrogen-bond donors (Lipinski definition) is 0. The van der Waals surface area contributed by atoms with E-state index in [1.165, 1.54) is 58.4 Å². The minimum absolute atomic E-state index is 0.0362. The van der Waals surface area contributed by atoms with Gasteiger partial charge in [-0.05, 0) is 77.9 Å². The van der Waals surface area contributed by atoms with Gasteiger partial charge in [0.1, 0.15) is 13.2 Å². The third-order valence-corrected chi connectivity index (χ3v) is 9.69. The first-order chi connectivity index (χ1) is 20.6. The topological polar surface area (TPSA) is 146 Å². The molecule has 0 amide bonds. The molecule has 2 aromatic carbocycles. The molecule has 14 heteroatoms. The predicted molar refractivity (Wildman–Crippen MR) is 161 cm³/mol. The highest BCUT2D eigenvalue weighted by atomic mass is 33.1. The van der Waals surface area contributed by atoms with Gasteiger partial charge < -0.3 is 18.9 Å². The Kier molecular flexibility index (Phi) is 9.88. The standard InChI is InChI=1S/C30H32N2O10S2/c1-29(2,3)31(11-13-39-23(33)17-7-9-19-21(15-17)27(37)41-25(19)35)43-44-32(30(4,5)6)12-14-40-24(34)18-8-10-20-22(16-18)28(38)42-26(20)36/h7-10,15-16H,11-14H2,1-6H3. The maximum atomic E-state index is 12.6. The number of nitrogens with zero attached hydrogens (tertiary/aromatic N) is 2. The van der Waals surface area contributed by atoms with Gasteiger partial charge in [-0.2, -0.15) is 0 Å². The zero-order valence-electron chi connectivity index (χ0n) is 25.1. The second-order valence-corrected chi connectivity index (χ2v) is 13.9. The van der Waals surface area contributed by atoms with Crippen molar-refractivity contribution in [3.63, 3.8) is 0 Å². The molecule has 12 nitrogen and oxygen atoms in total. The van der Waals surface area contributed by atoms with Gasteiger partial charge in [0.2, 0.25) is 0 Å². The molecule has 0 bridgehead atoms. The average Bonchev–Trinajstić information content (AvgIpc) is 3.40. The zero-order chi connectivity index (χ0) is 32.4. The van der Waals surface area contributed by atoms with E-state index in [-0.39, 0.29) is 57.7 Å². The van der Waals surface area contributed by atoms with Crippen LogP contribution in [0.5, 0.6) is 0 Å². The molecule has 2 heterocycles. The lowest BCUT2D eigenvalue weighted by Gasteiger charge is -2.38. The Balaban J connectivity index is 1.30. The predicted octanol–water partition coefficient (Wildman–Crippen LogP) is 4.73. The lowest BCUT2D eigenvalue weighted by Crippen LogP contribution is -2.41. The molecule has 0 radical (unpaired) electrons. The van der Waals surface area contributed by atoms with Crippen LogP contribution in [0.4, 0.5) is 0 Å². The van der Waals surface area contributed by atoms with Gasteiger partial charge in [-0.3, -0.25) is 0 Å². The SMILES string of the molecule is CC(C)(C)N(CCOC(=O)c1ccc2c(c1)C(=O)OC2=O)SSN(CCOC(=O)c1ccc2c(c1)C(=O)OC2=O)C(C)(C)C. The third-order valence-electron chi connectivity index (χ3n) is 6.53. The van der Waals surface area contributed by atoms with Gasteiger partial charge in [-0.25, -0.2) is 37.4 Å². The third kappa shape index (κ3) is 7.67. The van der Waals surface area contributed by atoms with Crippen molar-refractivity contribution < 1.29 is 47.7 Å². The number of rotatable bonds is 11. The lowest BCUT2D eigenvalue weighted by atomic mass is 10.1. The van der Waals surface area contributed by atoms with Crippen molar-refractivity contribution in [1.29, 1.82) is 0 Å². The van der Waals surface area contributed by atoms with E-state index in [0.29, 0.717) is 13.1 Å². The Morgan fingerprint density at radius 3 is 1.30 bits per heavy atom. The summed E-state index contributed by atoms with van der Waals surface area (Å²) in [5.41, 5.74) is -0.0395. The smallest absolute Gasteiger partial charge is 0.346 e. The van der Waals surface area contributed by atoms with Crippen LogP contribution < -0.4 is 0 Å². The first-order valence-corrected chi connectivity index (χ1v) is 15.7. The van der Waals surface area contributed by atoms with Crippen LogP contribution in [-0.4, -0.2) is 81.8 Å². The van der Waals surface area contributed by atoms with E-state index < -0.39 is 35.8 Å².